The van der Waals surface area contributed by atoms with Crippen LogP contribution in [-0.2, 0) is 0 Å². The third-order valence-corrected chi connectivity index (χ3v) is 3.01. The maximum atomic E-state index is 12.0. The van der Waals surface area contributed by atoms with Crippen molar-refractivity contribution in [1.82, 2.24) is 20.4 Å². The van der Waals surface area contributed by atoms with Gasteiger partial charge in [0.1, 0.15) is 0 Å². The van der Waals surface area contributed by atoms with Gasteiger partial charge in [-0.2, -0.15) is 8.78 Å². The van der Waals surface area contributed by atoms with Gasteiger partial charge in [0.05, 0.1) is 0 Å². The Balaban J connectivity index is 2.20. The third kappa shape index (κ3) is 2.48. The van der Waals surface area contributed by atoms with E-state index >= 15 is 0 Å². The zero-order valence-electron chi connectivity index (χ0n) is 7.35. The van der Waals surface area contributed by atoms with Crippen LogP contribution in [-0.4, -0.2) is 26.2 Å². The van der Waals surface area contributed by atoms with Crippen molar-refractivity contribution in [3.8, 4) is 10.9 Å². The molecule has 0 saturated heterocycles. The Morgan fingerprint density at radius 1 is 1.27 bits per heavy atom. The topological polar surface area (TPSA) is 64.7 Å². The van der Waals surface area contributed by atoms with Gasteiger partial charge in [-0.3, -0.25) is 0 Å². The minimum Gasteiger partial charge on any atom is -0.419 e. The SMILES string of the molecule is Cc1nnc(-c2nnc(SC(F)F)s2)o1. The molecule has 5 nitrogen and oxygen atoms in total. The largest absolute Gasteiger partial charge is 0.419 e. The number of rotatable bonds is 3. The van der Waals surface area contributed by atoms with Crippen LogP contribution in [0.25, 0.3) is 10.9 Å². The minimum absolute atomic E-state index is 0.177. The number of alkyl halides is 2. The van der Waals surface area contributed by atoms with Gasteiger partial charge in [0.25, 0.3) is 11.6 Å². The molecule has 0 saturated carbocycles. The summed E-state index contributed by atoms with van der Waals surface area (Å²) in [7, 11) is 0. The van der Waals surface area contributed by atoms with Gasteiger partial charge >= 0.3 is 0 Å². The number of halogens is 2. The molecule has 2 heterocycles. The molecule has 80 valence electrons. The van der Waals surface area contributed by atoms with E-state index in [0.717, 1.165) is 11.3 Å². The lowest BCUT2D eigenvalue weighted by molar-refractivity contribution is 0.252. The quantitative estimate of drug-likeness (QED) is 0.778. The molecule has 0 unspecified atom stereocenters. The number of hydrogen-bond acceptors (Lipinski definition) is 7. The second kappa shape index (κ2) is 4.19. The van der Waals surface area contributed by atoms with Crippen LogP contribution in [0.3, 0.4) is 0 Å². The van der Waals surface area contributed by atoms with Crippen molar-refractivity contribution in [2.75, 3.05) is 0 Å². The first-order chi connectivity index (χ1) is 7.15. The molecule has 0 radical (unpaired) electrons. The van der Waals surface area contributed by atoms with E-state index < -0.39 is 5.76 Å². The maximum absolute atomic E-state index is 12.0. The van der Waals surface area contributed by atoms with Crippen molar-refractivity contribution in [3.63, 3.8) is 0 Å². The van der Waals surface area contributed by atoms with E-state index in [1.807, 2.05) is 0 Å². The van der Waals surface area contributed by atoms with Crippen molar-refractivity contribution in [2.24, 2.45) is 0 Å². The van der Waals surface area contributed by atoms with Gasteiger partial charge in [0, 0.05) is 6.92 Å². The number of aryl methyl sites for hydroxylation is 1. The van der Waals surface area contributed by atoms with Gasteiger partial charge in [-0.25, -0.2) is 0 Å². The second-order valence-corrected chi connectivity index (χ2v) is 4.59. The Hall–Kier alpha value is -1.09. The molecule has 0 bridgehead atoms. The lowest BCUT2D eigenvalue weighted by Gasteiger charge is -1.89. The van der Waals surface area contributed by atoms with Crippen LogP contribution in [0.2, 0.25) is 0 Å². The number of thioether (sulfide) groups is 1. The van der Waals surface area contributed by atoms with Crippen LogP contribution in [0.15, 0.2) is 8.76 Å². The Morgan fingerprint density at radius 2 is 2.07 bits per heavy atom. The monoisotopic (exact) mass is 250 g/mol. The molecule has 0 spiro atoms. The predicted molar refractivity (Wildman–Crippen MR) is 49.8 cm³/mol. The predicted octanol–water partition coefficient (Wildman–Crippen LogP) is 2.21. The molecule has 2 aromatic rings. The molecule has 2 aromatic heterocycles. The van der Waals surface area contributed by atoms with Gasteiger partial charge in [-0.1, -0.05) is 11.3 Å². The zero-order valence-corrected chi connectivity index (χ0v) is 8.98. The van der Waals surface area contributed by atoms with Gasteiger partial charge in [0.15, 0.2) is 4.34 Å². The van der Waals surface area contributed by atoms with Crippen molar-refractivity contribution < 1.29 is 13.2 Å². The van der Waals surface area contributed by atoms with Crippen LogP contribution in [0.4, 0.5) is 8.78 Å². The summed E-state index contributed by atoms with van der Waals surface area (Å²) >= 11 is 1.33. The molecular weight excluding hydrogens is 246 g/mol. The number of hydrogen-bond donors (Lipinski definition) is 0. The number of aromatic nitrogens is 4. The fourth-order valence-electron chi connectivity index (χ4n) is 0.803. The summed E-state index contributed by atoms with van der Waals surface area (Å²) in [6.45, 7) is 1.63. The highest BCUT2D eigenvalue weighted by molar-refractivity contribution is 8.01. The molecule has 0 N–H and O–H groups in total. The smallest absolute Gasteiger partial charge is 0.291 e. The molecule has 0 aromatic carbocycles. The molecule has 9 heteroatoms. The van der Waals surface area contributed by atoms with E-state index in [0.29, 0.717) is 22.7 Å². The summed E-state index contributed by atoms with van der Waals surface area (Å²) in [5.74, 6) is -1.91. The van der Waals surface area contributed by atoms with Crippen LogP contribution in [0, 0.1) is 6.92 Å². The van der Waals surface area contributed by atoms with E-state index in [4.69, 9.17) is 4.42 Å². The van der Waals surface area contributed by atoms with Gasteiger partial charge in [-0.15, -0.1) is 20.4 Å². The first kappa shape index (κ1) is 10.4. The summed E-state index contributed by atoms with van der Waals surface area (Å²) in [4.78, 5) is 0. The van der Waals surface area contributed by atoms with E-state index in [-0.39, 0.29) is 10.2 Å². The lowest BCUT2D eigenvalue weighted by Crippen LogP contribution is -1.79. The first-order valence-electron chi connectivity index (χ1n) is 3.74. The molecule has 0 amide bonds. The van der Waals surface area contributed by atoms with Crippen LogP contribution in [0.5, 0.6) is 0 Å². The minimum atomic E-state index is -2.50. The standard InChI is InChI=1S/C6H4F2N4OS2/c1-2-9-10-3(13-2)4-11-12-6(14-4)15-5(7)8/h5H,1H3. The lowest BCUT2D eigenvalue weighted by atomic mass is 10.7. The molecule has 0 aliphatic heterocycles. The highest BCUT2D eigenvalue weighted by Crippen LogP contribution is 2.31. The fraction of sp³-hybridized carbons (Fsp3) is 0.333. The van der Waals surface area contributed by atoms with Crippen molar-refractivity contribution in [3.05, 3.63) is 5.89 Å². The first-order valence-corrected chi connectivity index (χ1v) is 5.43. The summed E-state index contributed by atoms with van der Waals surface area (Å²) in [5.41, 5.74) is 0. The van der Waals surface area contributed by atoms with Gasteiger partial charge < -0.3 is 4.42 Å². The summed E-state index contributed by atoms with van der Waals surface area (Å²) in [6.07, 6.45) is 0. The average Bonchev–Trinajstić information content (AvgIpc) is 2.72. The average molecular weight is 250 g/mol. The van der Waals surface area contributed by atoms with Crippen molar-refractivity contribution >= 4 is 23.1 Å². The van der Waals surface area contributed by atoms with Crippen molar-refractivity contribution in [1.29, 1.82) is 0 Å². The normalized spacial score (nSPS) is 11.2. The molecule has 0 fully saturated rings. The highest BCUT2D eigenvalue weighted by Gasteiger charge is 2.15. The molecular formula is C6H4F2N4OS2. The molecule has 0 aliphatic rings. The summed E-state index contributed by atoms with van der Waals surface area (Å²) < 4.78 is 29.2. The summed E-state index contributed by atoms with van der Waals surface area (Å²) in [5, 5.41) is 14.9. The Labute approximate surface area is 90.9 Å². The molecule has 2 rings (SSSR count). The summed E-state index contributed by atoms with van der Waals surface area (Å²) in [6, 6.07) is 0. The van der Waals surface area contributed by atoms with Crippen LogP contribution < -0.4 is 0 Å². The highest BCUT2D eigenvalue weighted by atomic mass is 32.2. The van der Waals surface area contributed by atoms with Gasteiger partial charge in [-0.05, 0) is 11.8 Å². The second-order valence-electron chi connectivity index (χ2n) is 2.38. The molecule has 0 atom stereocenters. The maximum Gasteiger partial charge on any atom is 0.291 e. The Morgan fingerprint density at radius 3 is 2.67 bits per heavy atom. The van der Waals surface area contributed by atoms with Crippen LogP contribution in [0.1, 0.15) is 5.89 Å². The van der Waals surface area contributed by atoms with Crippen molar-refractivity contribution in [2.45, 2.75) is 17.0 Å². The van der Waals surface area contributed by atoms with E-state index in [2.05, 4.69) is 20.4 Å². The molecule has 0 aliphatic carbocycles. The van der Waals surface area contributed by atoms with Gasteiger partial charge in [0.2, 0.25) is 10.9 Å². The fourth-order valence-corrected chi connectivity index (χ4v) is 2.19. The van der Waals surface area contributed by atoms with E-state index in [9.17, 15) is 8.78 Å². The van der Waals surface area contributed by atoms with E-state index in [1.54, 1.807) is 6.92 Å². The van der Waals surface area contributed by atoms with E-state index in [1.165, 1.54) is 0 Å². The van der Waals surface area contributed by atoms with Crippen LogP contribution >= 0.6 is 23.1 Å². The Bertz CT molecular complexity index is 457. The third-order valence-electron chi connectivity index (χ3n) is 1.31. The number of nitrogens with zero attached hydrogens (tertiary/aromatic N) is 4. The zero-order chi connectivity index (χ0) is 10.8. The molecule has 15 heavy (non-hydrogen) atoms. The Kier molecular flexibility index (Phi) is 2.91.